The fourth-order valence-electron chi connectivity index (χ4n) is 2.07. The number of aliphatic hydroxyl groups excluding tert-OH is 1. The molecule has 0 aliphatic rings. The quantitative estimate of drug-likeness (QED) is 0.752. The molecular weight excluding hydrogens is 240 g/mol. The molecule has 0 aliphatic carbocycles. The normalized spacial score (nSPS) is 12.9. The number of aliphatic hydroxyl groups is 1. The van der Waals surface area contributed by atoms with Crippen molar-refractivity contribution >= 4 is 10.9 Å². The molecule has 1 unspecified atom stereocenters. The summed E-state index contributed by atoms with van der Waals surface area (Å²) in [4.78, 5) is 3.31. The Hall–Kier alpha value is -2.14. The van der Waals surface area contributed by atoms with E-state index in [1.165, 1.54) is 0 Å². The molecule has 0 spiro atoms. The smallest absolute Gasteiger partial charge is 0.129 e. The van der Waals surface area contributed by atoms with Crippen molar-refractivity contribution in [2.45, 2.75) is 26.0 Å². The number of benzene rings is 1. The standard InChI is InChI=1S/C14H16N4O/c1-2-11(19)8-18-9-14(16-17-18)13-7-10-5-3-4-6-12(10)15-13/h3-7,9,11,15,19H,2,8H2,1H3. The van der Waals surface area contributed by atoms with Gasteiger partial charge in [-0.05, 0) is 18.6 Å². The molecule has 2 N–H and O–H groups in total. The lowest BCUT2D eigenvalue weighted by Crippen LogP contribution is -2.15. The molecule has 0 fully saturated rings. The van der Waals surface area contributed by atoms with Crippen LogP contribution in [0, 0.1) is 0 Å². The molecule has 0 saturated carbocycles. The molecule has 1 atom stereocenters. The molecule has 3 aromatic rings. The molecule has 0 radical (unpaired) electrons. The predicted molar refractivity (Wildman–Crippen MR) is 73.6 cm³/mol. The van der Waals surface area contributed by atoms with Crippen LogP contribution in [-0.2, 0) is 6.54 Å². The van der Waals surface area contributed by atoms with Crippen molar-refractivity contribution in [3.8, 4) is 11.4 Å². The van der Waals surface area contributed by atoms with E-state index in [2.05, 4.69) is 27.4 Å². The molecule has 1 aromatic carbocycles. The average Bonchev–Trinajstić information content (AvgIpc) is 3.04. The zero-order valence-electron chi connectivity index (χ0n) is 10.7. The Morgan fingerprint density at radius 2 is 2.21 bits per heavy atom. The Kier molecular flexibility index (Phi) is 3.05. The second-order valence-corrected chi connectivity index (χ2v) is 4.66. The van der Waals surface area contributed by atoms with E-state index in [4.69, 9.17) is 0 Å². The highest BCUT2D eigenvalue weighted by Crippen LogP contribution is 2.21. The van der Waals surface area contributed by atoms with E-state index >= 15 is 0 Å². The maximum absolute atomic E-state index is 9.61. The number of para-hydroxylation sites is 1. The summed E-state index contributed by atoms with van der Waals surface area (Å²) in [5.41, 5.74) is 2.82. The lowest BCUT2D eigenvalue weighted by atomic mass is 10.2. The van der Waals surface area contributed by atoms with E-state index in [0.717, 1.165) is 22.3 Å². The summed E-state index contributed by atoms with van der Waals surface area (Å²) >= 11 is 0. The summed E-state index contributed by atoms with van der Waals surface area (Å²) in [5.74, 6) is 0. The number of aromatic nitrogens is 4. The predicted octanol–water partition coefficient (Wildman–Crippen LogP) is 2.20. The Morgan fingerprint density at radius 1 is 1.37 bits per heavy atom. The van der Waals surface area contributed by atoms with E-state index in [-0.39, 0.29) is 6.10 Å². The number of hydrogen-bond donors (Lipinski definition) is 2. The highest BCUT2D eigenvalue weighted by molar-refractivity contribution is 5.84. The fraction of sp³-hybridized carbons (Fsp3) is 0.286. The van der Waals surface area contributed by atoms with E-state index in [9.17, 15) is 5.11 Å². The average molecular weight is 256 g/mol. The Labute approximate surface area is 110 Å². The fourth-order valence-corrected chi connectivity index (χ4v) is 2.07. The van der Waals surface area contributed by atoms with Crippen LogP contribution in [0.4, 0.5) is 0 Å². The van der Waals surface area contributed by atoms with Gasteiger partial charge in [-0.1, -0.05) is 30.3 Å². The van der Waals surface area contributed by atoms with Gasteiger partial charge in [-0.15, -0.1) is 5.10 Å². The molecule has 98 valence electrons. The third-order valence-electron chi connectivity index (χ3n) is 3.21. The van der Waals surface area contributed by atoms with Crippen LogP contribution < -0.4 is 0 Å². The summed E-state index contributed by atoms with van der Waals surface area (Å²) in [6.07, 6.45) is 2.18. The van der Waals surface area contributed by atoms with Crippen LogP contribution in [0.2, 0.25) is 0 Å². The highest BCUT2D eigenvalue weighted by atomic mass is 16.3. The molecule has 5 nitrogen and oxygen atoms in total. The maximum Gasteiger partial charge on any atom is 0.129 e. The Morgan fingerprint density at radius 3 is 3.00 bits per heavy atom. The van der Waals surface area contributed by atoms with Gasteiger partial charge in [0.2, 0.25) is 0 Å². The van der Waals surface area contributed by atoms with Crippen molar-refractivity contribution in [2.24, 2.45) is 0 Å². The lowest BCUT2D eigenvalue weighted by molar-refractivity contribution is 0.144. The number of nitrogens with one attached hydrogen (secondary N) is 1. The molecule has 0 aliphatic heterocycles. The molecule has 0 saturated heterocycles. The van der Waals surface area contributed by atoms with Crippen molar-refractivity contribution in [1.82, 2.24) is 20.0 Å². The van der Waals surface area contributed by atoms with Gasteiger partial charge in [-0.25, -0.2) is 4.68 Å². The van der Waals surface area contributed by atoms with Crippen LogP contribution in [-0.4, -0.2) is 31.2 Å². The Balaban J connectivity index is 1.89. The van der Waals surface area contributed by atoms with Gasteiger partial charge in [0.25, 0.3) is 0 Å². The van der Waals surface area contributed by atoms with Crippen LogP contribution >= 0.6 is 0 Å². The second-order valence-electron chi connectivity index (χ2n) is 4.66. The van der Waals surface area contributed by atoms with Gasteiger partial charge >= 0.3 is 0 Å². The maximum atomic E-state index is 9.61. The van der Waals surface area contributed by atoms with Gasteiger partial charge in [0.05, 0.1) is 24.5 Å². The molecule has 2 heterocycles. The number of rotatable bonds is 4. The molecule has 5 heteroatoms. The lowest BCUT2D eigenvalue weighted by Gasteiger charge is -2.05. The van der Waals surface area contributed by atoms with E-state index in [1.807, 2.05) is 31.3 Å². The first kappa shape index (κ1) is 11.9. The summed E-state index contributed by atoms with van der Waals surface area (Å²) in [6.45, 7) is 2.42. The summed E-state index contributed by atoms with van der Waals surface area (Å²) in [5, 5.41) is 18.9. The monoisotopic (exact) mass is 256 g/mol. The SMILES string of the molecule is CCC(O)Cn1cc(-c2cc3ccccc3[nH]2)nn1. The number of fused-ring (bicyclic) bond motifs is 1. The van der Waals surface area contributed by atoms with Crippen LogP contribution in [0.5, 0.6) is 0 Å². The minimum Gasteiger partial charge on any atom is -0.391 e. The largest absolute Gasteiger partial charge is 0.391 e. The van der Waals surface area contributed by atoms with Crippen LogP contribution in [0.1, 0.15) is 13.3 Å². The molecule has 0 amide bonds. The van der Waals surface area contributed by atoms with Crippen LogP contribution in [0.25, 0.3) is 22.3 Å². The zero-order valence-corrected chi connectivity index (χ0v) is 10.7. The molecule has 3 rings (SSSR count). The van der Waals surface area contributed by atoms with Crippen molar-refractivity contribution in [2.75, 3.05) is 0 Å². The number of nitrogens with zero attached hydrogens (tertiary/aromatic N) is 3. The first-order valence-electron chi connectivity index (χ1n) is 6.42. The van der Waals surface area contributed by atoms with Crippen LogP contribution in [0.15, 0.2) is 36.5 Å². The van der Waals surface area contributed by atoms with Crippen molar-refractivity contribution < 1.29 is 5.11 Å². The second kappa shape index (κ2) is 4.85. The van der Waals surface area contributed by atoms with E-state index in [1.54, 1.807) is 4.68 Å². The number of hydrogen-bond acceptors (Lipinski definition) is 3. The van der Waals surface area contributed by atoms with E-state index < -0.39 is 0 Å². The highest BCUT2D eigenvalue weighted by Gasteiger charge is 2.09. The van der Waals surface area contributed by atoms with Crippen molar-refractivity contribution in [1.29, 1.82) is 0 Å². The van der Waals surface area contributed by atoms with Crippen molar-refractivity contribution in [3.63, 3.8) is 0 Å². The van der Waals surface area contributed by atoms with Gasteiger partial charge in [0.1, 0.15) is 5.69 Å². The van der Waals surface area contributed by atoms with Gasteiger partial charge < -0.3 is 10.1 Å². The minimum absolute atomic E-state index is 0.378. The third kappa shape index (κ3) is 2.37. The third-order valence-corrected chi connectivity index (χ3v) is 3.21. The first-order valence-corrected chi connectivity index (χ1v) is 6.42. The van der Waals surface area contributed by atoms with E-state index in [0.29, 0.717) is 13.0 Å². The van der Waals surface area contributed by atoms with Gasteiger partial charge in [0, 0.05) is 10.9 Å². The summed E-state index contributed by atoms with van der Waals surface area (Å²) in [6, 6.07) is 10.1. The first-order chi connectivity index (χ1) is 9.26. The van der Waals surface area contributed by atoms with Gasteiger partial charge in [-0.2, -0.15) is 0 Å². The topological polar surface area (TPSA) is 66.7 Å². The molecular formula is C14H16N4O. The summed E-state index contributed by atoms with van der Waals surface area (Å²) in [7, 11) is 0. The zero-order chi connectivity index (χ0) is 13.2. The molecule has 2 aromatic heterocycles. The Bertz CT molecular complexity index is 652. The summed E-state index contributed by atoms with van der Waals surface area (Å²) < 4.78 is 1.68. The molecule has 19 heavy (non-hydrogen) atoms. The van der Waals surface area contributed by atoms with Crippen molar-refractivity contribution in [3.05, 3.63) is 36.5 Å². The molecule has 0 bridgehead atoms. The minimum atomic E-state index is -0.378. The van der Waals surface area contributed by atoms with Gasteiger partial charge in [0.15, 0.2) is 0 Å². The number of H-pyrrole nitrogens is 1. The van der Waals surface area contributed by atoms with Crippen LogP contribution in [0.3, 0.4) is 0 Å². The number of aromatic amines is 1. The van der Waals surface area contributed by atoms with Gasteiger partial charge in [-0.3, -0.25) is 0 Å².